The summed E-state index contributed by atoms with van der Waals surface area (Å²) < 4.78 is 0. The van der Waals surface area contributed by atoms with Gasteiger partial charge in [0.15, 0.2) is 0 Å². The van der Waals surface area contributed by atoms with Crippen LogP contribution >= 0.6 is 11.3 Å². The summed E-state index contributed by atoms with van der Waals surface area (Å²) in [7, 11) is 0. The Kier molecular flexibility index (Phi) is 2.83. The molecule has 3 heteroatoms. The smallest absolute Gasteiger partial charge is 0.0794 e. The molecule has 0 spiro atoms. The fraction of sp³-hybridized carbons (Fsp3) is 0.571. The summed E-state index contributed by atoms with van der Waals surface area (Å²) in [5, 5.41) is 0. The average Bonchev–Trinajstić information content (AvgIpc) is 2.34. The third-order valence-electron chi connectivity index (χ3n) is 1.33. The minimum absolute atomic E-state index is 0.307. The maximum absolute atomic E-state index is 5.59. The fourth-order valence-electron chi connectivity index (χ4n) is 0.736. The van der Waals surface area contributed by atoms with Gasteiger partial charge < -0.3 is 5.73 Å². The SMILES string of the molecule is C[C@@H](N)CCc1cncs1. The van der Waals surface area contributed by atoms with E-state index in [2.05, 4.69) is 4.98 Å². The first-order valence-corrected chi connectivity index (χ1v) is 4.30. The standard InChI is InChI=1S/C7H12N2S/c1-6(8)2-3-7-4-9-5-10-7/h4-6H,2-3,8H2,1H3/t6-/m1/s1. The van der Waals surface area contributed by atoms with Gasteiger partial charge in [-0.05, 0) is 19.8 Å². The summed E-state index contributed by atoms with van der Waals surface area (Å²) in [4.78, 5) is 5.31. The Morgan fingerprint density at radius 2 is 2.60 bits per heavy atom. The first-order chi connectivity index (χ1) is 4.79. The van der Waals surface area contributed by atoms with Crippen LogP contribution in [0.2, 0.25) is 0 Å². The quantitative estimate of drug-likeness (QED) is 0.719. The fourth-order valence-corrected chi connectivity index (χ4v) is 1.35. The van der Waals surface area contributed by atoms with Crippen LogP contribution in [0.4, 0.5) is 0 Å². The van der Waals surface area contributed by atoms with E-state index in [1.54, 1.807) is 11.3 Å². The van der Waals surface area contributed by atoms with E-state index in [0.717, 1.165) is 12.8 Å². The van der Waals surface area contributed by atoms with Crippen LogP contribution in [0.3, 0.4) is 0 Å². The molecule has 0 bridgehead atoms. The maximum atomic E-state index is 5.59. The second kappa shape index (κ2) is 3.68. The lowest BCUT2D eigenvalue weighted by Gasteiger charge is -2.00. The molecule has 1 heterocycles. The van der Waals surface area contributed by atoms with Crippen LogP contribution in [0.1, 0.15) is 18.2 Å². The lowest BCUT2D eigenvalue weighted by atomic mass is 10.2. The molecular formula is C7H12N2S. The van der Waals surface area contributed by atoms with Gasteiger partial charge in [-0.15, -0.1) is 11.3 Å². The van der Waals surface area contributed by atoms with Crippen molar-refractivity contribution < 1.29 is 0 Å². The second-order valence-electron chi connectivity index (χ2n) is 2.48. The molecule has 0 aliphatic rings. The van der Waals surface area contributed by atoms with Crippen molar-refractivity contribution in [1.29, 1.82) is 0 Å². The van der Waals surface area contributed by atoms with E-state index in [1.165, 1.54) is 4.88 Å². The summed E-state index contributed by atoms with van der Waals surface area (Å²) in [6.45, 7) is 2.03. The van der Waals surface area contributed by atoms with E-state index < -0.39 is 0 Å². The van der Waals surface area contributed by atoms with Gasteiger partial charge in [-0.1, -0.05) is 0 Å². The van der Waals surface area contributed by atoms with Crippen molar-refractivity contribution in [2.75, 3.05) is 0 Å². The van der Waals surface area contributed by atoms with Gasteiger partial charge in [0.25, 0.3) is 0 Å². The Bertz CT molecular complexity index is 170. The molecule has 0 saturated carbocycles. The largest absolute Gasteiger partial charge is 0.328 e. The van der Waals surface area contributed by atoms with Crippen molar-refractivity contribution >= 4 is 11.3 Å². The molecule has 0 saturated heterocycles. The molecule has 56 valence electrons. The predicted molar refractivity (Wildman–Crippen MR) is 44.1 cm³/mol. The molecule has 0 aliphatic carbocycles. The Morgan fingerprint density at radius 1 is 1.80 bits per heavy atom. The molecular weight excluding hydrogens is 144 g/mol. The first kappa shape index (κ1) is 7.69. The average molecular weight is 156 g/mol. The Labute approximate surface area is 65.1 Å². The highest BCUT2D eigenvalue weighted by molar-refractivity contribution is 7.09. The van der Waals surface area contributed by atoms with Crippen LogP contribution in [-0.2, 0) is 6.42 Å². The van der Waals surface area contributed by atoms with Crippen LogP contribution in [0, 0.1) is 0 Å². The zero-order chi connectivity index (χ0) is 7.40. The third kappa shape index (κ3) is 2.45. The van der Waals surface area contributed by atoms with Gasteiger partial charge in [-0.3, -0.25) is 4.98 Å². The number of thiazole rings is 1. The Morgan fingerprint density at radius 3 is 3.10 bits per heavy atom. The van der Waals surface area contributed by atoms with E-state index in [9.17, 15) is 0 Å². The van der Waals surface area contributed by atoms with E-state index in [-0.39, 0.29) is 0 Å². The number of rotatable bonds is 3. The van der Waals surface area contributed by atoms with Crippen molar-refractivity contribution in [3.05, 3.63) is 16.6 Å². The van der Waals surface area contributed by atoms with Crippen LogP contribution in [-0.4, -0.2) is 11.0 Å². The molecule has 0 aromatic carbocycles. The summed E-state index contributed by atoms with van der Waals surface area (Å²) in [6, 6.07) is 0.307. The lowest BCUT2D eigenvalue weighted by Crippen LogP contribution is -2.14. The van der Waals surface area contributed by atoms with E-state index >= 15 is 0 Å². The molecule has 2 N–H and O–H groups in total. The first-order valence-electron chi connectivity index (χ1n) is 3.42. The number of aryl methyl sites for hydroxylation is 1. The number of nitrogens with two attached hydrogens (primary N) is 1. The van der Waals surface area contributed by atoms with Crippen molar-refractivity contribution in [2.24, 2.45) is 5.73 Å². The van der Waals surface area contributed by atoms with Gasteiger partial charge in [0.05, 0.1) is 5.51 Å². The molecule has 10 heavy (non-hydrogen) atoms. The van der Waals surface area contributed by atoms with E-state index in [1.807, 2.05) is 18.6 Å². The highest BCUT2D eigenvalue weighted by Crippen LogP contribution is 2.08. The zero-order valence-corrected chi connectivity index (χ0v) is 6.90. The molecule has 0 radical (unpaired) electrons. The predicted octanol–water partition coefficient (Wildman–Crippen LogP) is 1.42. The number of hydrogen-bond donors (Lipinski definition) is 1. The normalized spacial score (nSPS) is 13.4. The lowest BCUT2D eigenvalue weighted by molar-refractivity contribution is 0.670. The summed E-state index contributed by atoms with van der Waals surface area (Å²) in [5.41, 5.74) is 7.45. The zero-order valence-electron chi connectivity index (χ0n) is 6.08. The van der Waals surface area contributed by atoms with Crippen molar-refractivity contribution in [2.45, 2.75) is 25.8 Å². The molecule has 1 rings (SSSR count). The van der Waals surface area contributed by atoms with Crippen LogP contribution < -0.4 is 5.73 Å². The van der Waals surface area contributed by atoms with Crippen molar-refractivity contribution in [1.82, 2.24) is 4.98 Å². The van der Waals surface area contributed by atoms with E-state index in [0.29, 0.717) is 6.04 Å². The van der Waals surface area contributed by atoms with Crippen LogP contribution in [0.25, 0.3) is 0 Å². The van der Waals surface area contributed by atoms with Gasteiger partial charge in [-0.25, -0.2) is 0 Å². The molecule has 0 unspecified atom stereocenters. The summed E-state index contributed by atoms with van der Waals surface area (Å²) >= 11 is 1.70. The molecule has 0 amide bonds. The minimum Gasteiger partial charge on any atom is -0.328 e. The summed E-state index contributed by atoms with van der Waals surface area (Å²) in [5.74, 6) is 0. The highest BCUT2D eigenvalue weighted by atomic mass is 32.1. The molecule has 1 aromatic rings. The van der Waals surface area contributed by atoms with Crippen molar-refractivity contribution in [3.63, 3.8) is 0 Å². The van der Waals surface area contributed by atoms with Gasteiger partial charge >= 0.3 is 0 Å². The molecule has 2 nitrogen and oxygen atoms in total. The van der Waals surface area contributed by atoms with Crippen LogP contribution in [0.5, 0.6) is 0 Å². The van der Waals surface area contributed by atoms with Crippen LogP contribution in [0.15, 0.2) is 11.7 Å². The van der Waals surface area contributed by atoms with Gasteiger partial charge in [-0.2, -0.15) is 0 Å². The number of aromatic nitrogens is 1. The minimum atomic E-state index is 0.307. The van der Waals surface area contributed by atoms with E-state index in [4.69, 9.17) is 5.73 Å². The summed E-state index contributed by atoms with van der Waals surface area (Å²) in [6.07, 6.45) is 4.04. The van der Waals surface area contributed by atoms with Gasteiger partial charge in [0.1, 0.15) is 0 Å². The highest BCUT2D eigenvalue weighted by Gasteiger charge is 1.96. The van der Waals surface area contributed by atoms with Crippen molar-refractivity contribution in [3.8, 4) is 0 Å². The van der Waals surface area contributed by atoms with Gasteiger partial charge in [0, 0.05) is 17.1 Å². The monoisotopic (exact) mass is 156 g/mol. The molecule has 0 fully saturated rings. The van der Waals surface area contributed by atoms with Gasteiger partial charge in [0.2, 0.25) is 0 Å². The molecule has 1 aromatic heterocycles. The second-order valence-corrected chi connectivity index (χ2v) is 3.45. The number of hydrogen-bond acceptors (Lipinski definition) is 3. The molecule has 0 aliphatic heterocycles. The number of nitrogens with zero attached hydrogens (tertiary/aromatic N) is 1. The maximum Gasteiger partial charge on any atom is 0.0794 e. The topological polar surface area (TPSA) is 38.9 Å². The third-order valence-corrected chi connectivity index (χ3v) is 2.17. The Hall–Kier alpha value is -0.410. The molecule has 1 atom stereocenters. The Balaban J connectivity index is 2.28.